The molecule has 1 aromatic rings. The third kappa shape index (κ3) is 2.16. The van der Waals surface area contributed by atoms with E-state index >= 15 is 0 Å². The number of hydrogen-bond acceptors (Lipinski definition) is 3. The third-order valence-electron chi connectivity index (χ3n) is 3.95. The van der Waals surface area contributed by atoms with Gasteiger partial charge in [0, 0.05) is 5.69 Å². The SMILES string of the molecule is O=C(Nc1cccc(F)c1)[C@@H]1[C@H](C(=O)O)[C@H]2CC[C@H]1O2. The smallest absolute Gasteiger partial charge is 0.310 e. The predicted molar refractivity (Wildman–Crippen MR) is 67.5 cm³/mol. The van der Waals surface area contributed by atoms with Gasteiger partial charge in [-0.15, -0.1) is 0 Å². The minimum absolute atomic E-state index is 0.321. The number of carboxylic acids is 1. The van der Waals surface area contributed by atoms with Crippen LogP contribution in [0.2, 0.25) is 0 Å². The molecule has 0 unspecified atom stereocenters. The van der Waals surface area contributed by atoms with Crippen molar-refractivity contribution in [2.24, 2.45) is 11.8 Å². The van der Waals surface area contributed by atoms with Gasteiger partial charge in [0.25, 0.3) is 0 Å². The number of carbonyl (C=O) groups excluding carboxylic acids is 1. The fraction of sp³-hybridized carbons (Fsp3) is 0.429. The molecule has 6 heteroatoms. The van der Waals surface area contributed by atoms with Crippen molar-refractivity contribution in [2.45, 2.75) is 25.0 Å². The summed E-state index contributed by atoms with van der Waals surface area (Å²) in [5, 5.41) is 11.8. The second kappa shape index (κ2) is 4.86. The Morgan fingerprint density at radius 2 is 1.95 bits per heavy atom. The number of carboxylic acid groups (broad SMARTS) is 1. The van der Waals surface area contributed by atoms with Gasteiger partial charge in [-0.2, -0.15) is 0 Å². The Labute approximate surface area is 114 Å². The van der Waals surface area contributed by atoms with Gasteiger partial charge in [0.15, 0.2) is 0 Å². The topological polar surface area (TPSA) is 75.6 Å². The van der Waals surface area contributed by atoms with Crippen LogP contribution in [0.15, 0.2) is 24.3 Å². The first-order valence-electron chi connectivity index (χ1n) is 6.51. The van der Waals surface area contributed by atoms with E-state index in [2.05, 4.69) is 5.32 Å². The van der Waals surface area contributed by atoms with Gasteiger partial charge in [-0.05, 0) is 31.0 Å². The Bertz CT molecular complexity index is 562. The van der Waals surface area contributed by atoms with Crippen molar-refractivity contribution in [3.8, 4) is 0 Å². The van der Waals surface area contributed by atoms with E-state index in [1.165, 1.54) is 18.2 Å². The lowest BCUT2D eigenvalue weighted by molar-refractivity contribution is -0.147. The predicted octanol–water partition coefficient (Wildman–Crippen LogP) is 1.64. The minimum atomic E-state index is -1.02. The normalized spacial score (nSPS) is 31.2. The van der Waals surface area contributed by atoms with E-state index < -0.39 is 29.5 Å². The van der Waals surface area contributed by atoms with Crippen LogP contribution < -0.4 is 5.32 Å². The molecular weight excluding hydrogens is 265 g/mol. The number of nitrogens with one attached hydrogen (secondary N) is 1. The molecule has 2 saturated heterocycles. The lowest BCUT2D eigenvalue weighted by Crippen LogP contribution is -2.40. The molecule has 0 radical (unpaired) electrons. The number of benzene rings is 1. The van der Waals surface area contributed by atoms with Gasteiger partial charge in [0.05, 0.1) is 24.0 Å². The van der Waals surface area contributed by atoms with Crippen molar-refractivity contribution in [2.75, 3.05) is 5.32 Å². The fourth-order valence-electron chi connectivity index (χ4n) is 3.12. The van der Waals surface area contributed by atoms with Crippen LogP contribution in [-0.4, -0.2) is 29.2 Å². The number of anilines is 1. The molecule has 2 bridgehead atoms. The van der Waals surface area contributed by atoms with Crippen molar-refractivity contribution in [1.29, 1.82) is 0 Å². The molecule has 0 aromatic heterocycles. The number of hydrogen-bond donors (Lipinski definition) is 2. The number of rotatable bonds is 3. The van der Waals surface area contributed by atoms with E-state index in [-0.39, 0.29) is 12.2 Å². The molecule has 1 aromatic carbocycles. The van der Waals surface area contributed by atoms with E-state index in [4.69, 9.17) is 4.74 Å². The highest BCUT2D eigenvalue weighted by molar-refractivity contribution is 5.96. The minimum Gasteiger partial charge on any atom is -0.481 e. The van der Waals surface area contributed by atoms with Gasteiger partial charge in [-0.25, -0.2) is 4.39 Å². The van der Waals surface area contributed by atoms with E-state index in [1.54, 1.807) is 6.07 Å². The molecule has 0 aliphatic carbocycles. The van der Waals surface area contributed by atoms with Crippen molar-refractivity contribution < 1.29 is 23.8 Å². The average Bonchev–Trinajstić information content (AvgIpc) is 2.98. The standard InChI is InChI=1S/C14H14FNO4/c15-7-2-1-3-8(6-7)16-13(17)11-9-4-5-10(20-9)12(11)14(18)19/h1-3,6,9-12H,4-5H2,(H,16,17)(H,18,19)/t9-,10-,11+,12-/m1/s1. The van der Waals surface area contributed by atoms with E-state index in [9.17, 15) is 19.1 Å². The molecule has 3 rings (SSSR count). The van der Waals surface area contributed by atoms with Crippen molar-refractivity contribution >= 4 is 17.6 Å². The second-order valence-electron chi connectivity index (χ2n) is 5.18. The van der Waals surface area contributed by atoms with Gasteiger partial charge < -0.3 is 15.2 Å². The summed E-state index contributed by atoms with van der Waals surface area (Å²) < 4.78 is 18.6. The zero-order valence-electron chi connectivity index (χ0n) is 10.6. The fourth-order valence-corrected chi connectivity index (χ4v) is 3.12. The first-order chi connectivity index (χ1) is 9.56. The summed E-state index contributed by atoms with van der Waals surface area (Å²) in [7, 11) is 0. The molecule has 1 amide bonds. The summed E-state index contributed by atoms with van der Waals surface area (Å²) in [6.45, 7) is 0. The van der Waals surface area contributed by atoms with Crippen LogP contribution in [0.3, 0.4) is 0 Å². The molecule has 2 heterocycles. The molecule has 2 fully saturated rings. The largest absolute Gasteiger partial charge is 0.481 e. The zero-order chi connectivity index (χ0) is 14.3. The molecule has 2 aliphatic heterocycles. The summed E-state index contributed by atoms with van der Waals surface area (Å²) in [5.41, 5.74) is 0.321. The first kappa shape index (κ1) is 13.1. The van der Waals surface area contributed by atoms with Crippen LogP contribution in [0.1, 0.15) is 12.8 Å². The van der Waals surface area contributed by atoms with Crippen molar-refractivity contribution in [3.05, 3.63) is 30.1 Å². The Hall–Kier alpha value is -1.95. The monoisotopic (exact) mass is 279 g/mol. The maximum atomic E-state index is 13.1. The van der Waals surface area contributed by atoms with Crippen molar-refractivity contribution in [1.82, 2.24) is 0 Å². The molecule has 106 valence electrons. The Morgan fingerprint density at radius 3 is 2.60 bits per heavy atom. The Balaban J connectivity index is 1.78. The summed E-state index contributed by atoms with van der Waals surface area (Å²) in [5.74, 6) is -3.43. The van der Waals surface area contributed by atoms with Crippen LogP contribution in [-0.2, 0) is 14.3 Å². The summed E-state index contributed by atoms with van der Waals surface area (Å²) in [6, 6.07) is 5.51. The third-order valence-corrected chi connectivity index (χ3v) is 3.95. The van der Waals surface area contributed by atoms with Crippen LogP contribution in [0.4, 0.5) is 10.1 Å². The van der Waals surface area contributed by atoms with Crippen LogP contribution >= 0.6 is 0 Å². The van der Waals surface area contributed by atoms with Crippen LogP contribution in [0.5, 0.6) is 0 Å². The summed E-state index contributed by atoms with van der Waals surface area (Å²) in [6.07, 6.45) is 0.622. The van der Waals surface area contributed by atoms with Gasteiger partial charge in [-0.1, -0.05) is 6.07 Å². The molecule has 0 spiro atoms. The maximum absolute atomic E-state index is 13.1. The first-order valence-corrected chi connectivity index (χ1v) is 6.51. The highest BCUT2D eigenvalue weighted by atomic mass is 19.1. The molecule has 5 nitrogen and oxygen atoms in total. The zero-order valence-corrected chi connectivity index (χ0v) is 10.6. The number of fused-ring (bicyclic) bond motifs is 2. The molecule has 20 heavy (non-hydrogen) atoms. The highest BCUT2D eigenvalue weighted by Gasteiger charge is 2.55. The Kier molecular flexibility index (Phi) is 3.17. The Morgan fingerprint density at radius 1 is 1.25 bits per heavy atom. The van der Waals surface area contributed by atoms with E-state index in [1.807, 2.05) is 0 Å². The molecule has 4 atom stereocenters. The van der Waals surface area contributed by atoms with Gasteiger partial charge in [-0.3, -0.25) is 9.59 Å². The maximum Gasteiger partial charge on any atom is 0.310 e. The molecular formula is C14H14FNO4. The highest BCUT2D eigenvalue weighted by Crippen LogP contribution is 2.44. The lowest BCUT2D eigenvalue weighted by atomic mass is 9.78. The summed E-state index contributed by atoms with van der Waals surface area (Å²) >= 11 is 0. The van der Waals surface area contributed by atoms with Gasteiger partial charge >= 0.3 is 5.97 Å². The molecule has 2 N–H and O–H groups in total. The van der Waals surface area contributed by atoms with Crippen molar-refractivity contribution in [3.63, 3.8) is 0 Å². The van der Waals surface area contributed by atoms with Crippen LogP contribution in [0, 0.1) is 17.7 Å². The quantitative estimate of drug-likeness (QED) is 0.882. The second-order valence-corrected chi connectivity index (χ2v) is 5.18. The number of halogens is 1. The number of carbonyl (C=O) groups is 2. The molecule has 0 saturated carbocycles. The lowest BCUT2D eigenvalue weighted by Gasteiger charge is -2.23. The van der Waals surface area contributed by atoms with Gasteiger partial charge in [0.2, 0.25) is 5.91 Å². The number of amides is 1. The summed E-state index contributed by atoms with van der Waals surface area (Å²) in [4.78, 5) is 23.5. The number of aliphatic carboxylic acids is 1. The average molecular weight is 279 g/mol. The number of ether oxygens (including phenoxy) is 1. The van der Waals surface area contributed by atoms with E-state index in [0.717, 1.165) is 0 Å². The van der Waals surface area contributed by atoms with Gasteiger partial charge in [0.1, 0.15) is 5.82 Å². The molecule has 2 aliphatic rings. The van der Waals surface area contributed by atoms with Crippen LogP contribution in [0.25, 0.3) is 0 Å². The van der Waals surface area contributed by atoms with E-state index in [0.29, 0.717) is 18.5 Å².